The molecule has 1 aliphatic rings. The Morgan fingerprint density at radius 2 is 1.00 bits per heavy atom. The molecule has 0 N–H and O–H groups in total. The molecule has 1 aromatic heterocycles. The first kappa shape index (κ1) is 33.2. The van der Waals surface area contributed by atoms with Gasteiger partial charge in [0.25, 0.3) is 0 Å². The van der Waals surface area contributed by atoms with Gasteiger partial charge >= 0.3 is 0 Å². The minimum atomic E-state index is -0.139. The van der Waals surface area contributed by atoms with Crippen molar-refractivity contribution >= 4 is 49.8 Å². The molecule has 0 atom stereocenters. The van der Waals surface area contributed by atoms with Crippen LogP contribution in [0.15, 0.2) is 205 Å². The van der Waals surface area contributed by atoms with E-state index in [9.17, 15) is 0 Å². The van der Waals surface area contributed by atoms with E-state index in [0.29, 0.717) is 0 Å². The summed E-state index contributed by atoms with van der Waals surface area (Å²) in [7, 11) is 0. The Morgan fingerprint density at radius 1 is 0.368 bits per heavy atom. The summed E-state index contributed by atoms with van der Waals surface area (Å²) in [6, 6.07) is 72.8. The second-order valence-electron chi connectivity index (χ2n) is 15.7. The number of furan rings is 1. The molecular weight excluding hydrogens is 691 g/mol. The number of fused-ring (bicyclic) bond motifs is 7. The highest BCUT2D eigenvalue weighted by molar-refractivity contribution is 6.06. The summed E-state index contributed by atoms with van der Waals surface area (Å²) in [4.78, 5) is 2.46. The molecule has 0 saturated carbocycles. The molecule has 0 saturated heterocycles. The number of hydrogen-bond acceptors (Lipinski definition) is 2. The second-order valence-corrected chi connectivity index (χ2v) is 15.7. The first-order chi connectivity index (χ1) is 28.0. The fourth-order valence-corrected chi connectivity index (χ4v) is 9.19. The molecule has 0 aliphatic heterocycles. The monoisotopic (exact) mass is 729 g/mol. The van der Waals surface area contributed by atoms with Crippen LogP contribution in [0.1, 0.15) is 25.0 Å². The van der Waals surface area contributed by atoms with Gasteiger partial charge in [-0.2, -0.15) is 0 Å². The van der Waals surface area contributed by atoms with Crippen molar-refractivity contribution in [3.63, 3.8) is 0 Å². The van der Waals surface area contributed by atoms with Gasteiger partial charge in [-0.25, -0.2) is 0 Å². The van der Waals surface area contributed by atoms with Crippen molar-refractivity contribution in [2.45, 2.75) is 19.3 Å². The molecule has 270 valence electrons. The summed E-state index contributed by atoms with van der Waals surface area (Å²) in [5.41, 5.74) is 17.4. The summed E-state index contributed by atoms with van der Waals surface area (Å²) in [5, 5.41) is 4.76. The molecule has 2 nitrogen and oxygen atoms in total. The molecule has 2 heteroatoms. The van der Waals surface area contributed by atoms with Crippen molar-refractivity contribution in [3.8, 4) is 44.5 Å². The van der Waals surface area contributed by atoms with Gasteiger partial charge in [-0.05, 0) is 109 Å². The zero-order valence-corrected chi connectivity index (χ0v) is 31.9. The maximum Gasteiger partial charge on any atom is 0.136 e. The highest BCUT2D eigenvalue weighted by Crippen LogP contribution is 2.52. The van der Waals surface area contributed by atoms with Crippen LogP contribution in [-0.4, -0.2) is 0 Å². The summed E-state index contributed by atoms with van der Waals surface area (Å²) in [6.45, 7) is 4.71. The zero-order valence-electron chi connectivity index (χ0n) is 31.9. The highest BCUT2D eigenvalue weighted by Gasteiger charge is 2.36. The van der Waals surface area contributed by atoms with Crippen molar-refractivity contribution < 1.29 is 4.42 Å². The van der Waals surface area contributed by atoms with Crippen molar-refractivity contribution in [2.24, 2.45) is 0 Å². The first-order valence-corrected chi connectivity index (χ1v) is 19.8. The lowest BCUT2D eigenvalue weighted by Crippen LogP contribution is -2.17. The van der Waals surface area contributed by atoms with Crippen LogP contribution in [0.25, 0.3) is 77.2 Å². The third-order valence-electron chi connectivity index (χ3n) is 12.1. The van der Waals surface area contributed by atoms with Gasteiger partial charge in [0.1, 0.15) is 11.2 Å². The maximum atomic E-state index is 6.29. The van der Waals surface area contributed by atoms with Crippen LogP contribution in [0.4, 0.5) is 17.1 Å². The molecule has 10 aromatic rings. The minimum absolute atomic E-state index is 0.139. The van der Waals surface area contributed by atoms with Gasteiger partial charge in [0.2, 0.25) is 0 Å². The third-order valence-corrected chi connectivity index (χ3v) is 12.1. The quantitative estimate of drug-likeness (QED) is 0.169. The number of anilines is 3. The molecule has 0 spiro atoms. The summed E-state index contributed by atoms with van der Waals surface area (Å²) in [5.74, 6) is 0. The summed E-state index contributed by atoms with van der Waals surface area (Å²) < 4.78 is 6.29. The third kappa shape index (κ3) is 5.40. The van der Waals surface area contributed by atoms with Gasteiger partial charge in [0.05, 0.1) is 5.69 Å². The Kier molecular flexibility index (Phi) is 7.55. The lowest BCUT2D eigenvalue weighted by molar-refractivity contribution is 0.660. The second kappa shape index (κ2) is 13.0. The smallest absolute Gasteiger partial charge is 0.136 e. The van der Waals surface area contributed by atoms with Crippen LogP contribution >= 0.6 is 0 Å². The molecule has 0 unspecified atom stereocenters. The van der Waals surface area contributed by atoms with Crippen LogP contribution in [-0.2, 0) is 5.41 Å². The van der Waals surface area contributed by atoms with E-state index in [0.717, 1.165) is 50.1 Å². The van der Waals surface area contributed by atoms with Crippen LogP contribution in [0, 0.1) is 0 Å². The molecule has 0 bridgehead atoms. The van der Waals surface area contributed by atoms with Crippen molar-refractivity contribution in [3.05, 3.63) is 211 Å². The first-order valence-electron chi connectivity index (χ1n) is 19.8. The van der Waals surface area contributed by atoms with Gasteiger partial charge in [0.15, 0.2) is 0 Å². The number of para-hydroxylation sites is 1. The Labute approximate surface area is 332 Å². The van der Waals surface area contributed by atoms with E-state index >= 15 is 0 Å². The minimum Gasteiger partial charge on any atom is -0.456 e. The average molecular weight is 730 g/mol. The zero-order chi connectivity index (χ0) is 38.1. The Hall–Kier alpha value is -7.16. The Balaban J connectivity index is 1.11. The molecule has 57 heavy (non-hydrogen) atoms. The van der Waals surface area contributed by atoms with E-state index < -0.39 is 0 Å². The number of benzene rings is 9. The van der Waals surface area contributed by atoms with Crippen LogP contribution in [0.2, 0.25) is 0 Å². The fraction of sp³-hybridized carbons (Fsp3) is 0.0545. The SMILES string of the molecule is CC1(C)c2ccccc2-c2ccc(N(c3ccc(-c4ccc5c(c4)oc4ccccc45)cc3)c3cc(-c4cccc5ccccc45)ccc3-c3ccccc3)cc21. The molecule has 1 heterocycles. The van der Waals surface area contributed by atoms with Gasteiger partial charge in [-0.3, -0.25) is 0 Å². The normalized spacial score (nSPS) is 12.9. The lowest BCUT2D eigenvalue weighted by Gasteiger charge is -2.30. The van der Waals surface area contributed by atoms with Crippen LogP contribution in [0.5, 0.6) is 0 Å². The number of hydrogen-bond donors (Lipinski definition) is 0. The van der Waals surface area contributed by atoms with E-state index in [1.165, 1.54) is 55.3 Å². The molecule has 0 radical (unpaired) electrons. The molecular formula is C55H39NO. The predicted molar refractivity (Wildman–Crippen MR) is 240 cm³/mol. The van der Waals surface area contributed by atoms with Gasteiger partial charge < -0.3 is 9.32 Å². The Bertz CT molecular complexity index is 3150. The highest BCUT2D eigenvalue weighted by atomic mass is 16.3. The molecule has 0 amide bonds. The lowest BCUT2D eigenvalue weighted by atomic mass is 9.82. The molecule has 1 aliphatic carbocycles. The van der Waals surface area contributed by atoms with Crippen molar-refractivity contribution in [2.75, 3.05) is 4.90 Å². The van der Waals surface area contributed by atoms with Crippen LogP contribution in [0.3, 0.4) is 0 Å². The van der Waals surface area contributed by atoms with Gasteiger partial charge in [-0.1, -0.05) is 166 Å². The van der Waals surface area contributed by atoms with Gasteiger partial charge in [0, 0.05) is 33.1 Å². The van der Waals surface area contributed by atoms with E-state index in [2.05, 4.69) is 207 Å². The summed E-state index contributed by atoms with van der Waals surface area (Å²) in [6.07, 6.45) is 0. The van der Waals surface area contributed by atoms with Gasteiger partial charge in [-0.15, -0.1) is 0 Å². The van der Waals surface area contributed by atoms with E-state index in [1.807, 2.05) is 12.1 Å². The largest absolute Gasteiger partial charge is 0.456 e. The van der Waals surface area contributed by atoms with Crippen LogP contribution < -0.4 is 4.90 Å². The molecule has 0 fully saturated rings. The fourth-order valence-electron chi connectivity index (χ4n) is 9.19. The van der Waals surface area contributed by atoms with Crippen molar-refractivity contribution in [1.82, 2.24) is 0 Å². The van der Waals surface area contributed by atoms with Crippen molar-refractivity contribution in [1.29, 1.82) is 0 Å². The topological polar surface area (TPSA) is 16.4 Å². The van der Waals surface area contributed by atoms with E-state index in [-0.39, 0.29) is 5.41 Å². The summed E-state index contributed by atoms with van der Waals surface area (Å²) >= 11 is 0. The number of nitrogens with zero attached hydrogens (tertiary/aromatic N) is 1. The van der Waals surface area contributed by atoms with E-state index in [4.69, 9.17) is 4.42 Å². The van der Waals surface area contributed by atoms with E-state index in [1.54, 1.807) is 0 Å². The number of rotatable bonds is 6. The maximum absolute atomic E-state index is 6.29. The predicted octanol–water partition coefficient (Wildman–Crippen LogP) is 15.5. The average Bonchev–Trinajstić information content (AvgIpc) is 3.75. The Morgan fingerprint density at radius 3 is 1.88 bits per heavy atom. The molecule has 9 aromatic carbocycles. The standard InChI is InChI=1S/C55H39NO/c1-55(2)50-21-10-8-18-46(50)47-32-29-42(35-51(47)55)56(41-27-23-36(24-28-41)39-25-31-49-48-19-9-11-22-53(48)57-54(49)34-39)52-33-40(26-30-45(52)38-13-4-3-5-14-38)44-20-12-16-37-15-6-7-17-43(37)44/h3-35H,1-2H3. The molecule has 11 rings (SSSR count).